The van der Waals surface area contributed by atoms with Gasteiger partial charge in [0.15, 0.2) is 0 Å². The van der Waals surface area contributed by atoms with Crippen LogP contribution in [0.25, 0.3) is 0 Å². The van der Waals surface area contributed by atoms with Gasteiger partial charge in [0.2, 0.25) is 0 Å². The van der Waals surface area contributed by atoms with Crippen LogP contribution in [-0.2, 0) is 0 Å². The molecule has 1 saturated carbocycles. The zero-order valence-corrected chi connectivity index (χ0v) is 10.1. The first-order valence-corrected chi connectivity index (χ1v) is 6.13. The van der Waals surface area contributed by atoms with Crippen LogP contribution in [0.5, 0.6) is 0 Å². The molecule has 1 aliphatic rings. The van der Waals surface area contributed by atoms with Crippen LogP contribution in [0, 0.1) is 0 Å². The van der Waals surface area contributed by atoms with E-state index < -0.39 is 0 Å². The molecular weight excluding hydrogens is 229 g/mol. The van der Waals surface area contributed by atoms with E-state index in [1.165, 1.54) is 18.4 Å². The van der Waals surface area contributed by atoms with Gasteiger partial charge in [-0.3, -0.25) is 0 Å². The van der Waals surface area contributed by atoms with Gasteiger partial charge in [-0.2, -0.15) is 0 Å². The molecule has 0 amide bonds. The molecule has 3 heteroatoms. The molecule has 0 spiro atoms. The van der Waals surface area contributed by atoms with E-state index in [9.17, 15) is 0 Å². The average molecular weight is 244 g/mol. The Kier molecular flexibility index (Phi) is 3.55. The summed E-state index contributed by atoms with van der Waals surface area (Å²) in [5.41, 5.74) is 7.25. The number of benzene rings is 1. The van der Waals surface area contributed by atoms with Crippen molar-refractivity contribution < 1.29 is 0 Å². The maximum atomic E-state index is 6.01. The summed E-state index contributed by atoms with van der Waals surface area (Å²) in [5.74, 6) is 0.559. The van der Waals surface area contributed by atoms with Gasteiger partial charge in [-0.05, 0) is 42.9 Å². The molecular formula is C12H15Cl2N. The Morgan fingerprint density at radius 1 is 1.13 bits per heavy atom. The summed E-state index contributed by atoms with van der Waals surface area (Å²) in [4.78, 5) is 0. The Bertz CT molecular complexity index is 351. The average Bonchev–Trinajstić information content (AvgIpc) is 2.22. The highest BCUT2D eigenvalue weighted by atomic mass is 35.5. The first-order valence-electron chi connectivity index (χ1n) is 5.37. The van der Waals surface area contributed by atoms with Crippen molar-refractivity contribution in [3.05, 3.63) is 33.8 Å². The SMILES string of the molecule is NC1CCCC(c2ccc(Cl)c(Cl)c2)C1. The largest absolute Gasteiger partial charge is 0.328 e. The van der Waals surface area contributed by atoms with Gasteiger partial charge >= 0.3 is 0 Å². The van der Waals surface area contributed by atoms with Crippen LogP contribution in [0.1, 0.15) is 37.2 Å². The number of halogens is 2. The molecule has 0 aromatic heterocycles. The minimum atomic E-state index is 0.346. The Hall–Kier alpha value is -0.240. The summed E-state index contributed by atoms with van der Waals surface area (Å²) >= 11 is 11.9. The van der Waals surface area contributed by atoms with Crippen LogP contribution in [0.15, 0.2) is 18.2 Å². The van der Waals surface area contributed by atoms with Crippen molar-refractivity contribution >= 4 is 23.2 Å². The molecule has 0 heterocycles. The normalized spacial score (nSPS) is 26.6. The maximum Gasteiger partial charge on any atom is 0.0595 e. The van der Waals surface area contributed by atoms with Crippen LogP contribution in [0.3, 0.4) is 0 Å². The molecule has 0 bridgehead atoms. The summed E-state index contributed by atoms with van der Waals surface area (Å²) in [6.07, 6.45) is 4.65. The van der Waals surface area contributed by atoms with Crippen molar-refractivity contribution in [2.24, 2.45) is 5.73 Å². The third-order valence-electron chi connectivity index (χ3n) is 3.13. The van der Waals surface area contributed by atoms with Gasteiger partial charge in [0.1, 0.15) is 0 Å². The van der Waals surface area contributed by atoms with Gasteiger partial charge in [-0.25, -0.2) is 0 Å². The number of hydrogen-bond donors (Lipinski definition) is 1. The molecule has 1 aromatic rings. The Morgan fingerprint density at radius 2 is 1.93 bits per heavy atom. The van der Waals surface area contributed by atoms with E-state index in [2.05, 4.69) is 6.07 Å². The van der Waals surface area contributed by atoms with Crippen LogP contribution in [0.2, 0.25) is 10.0 Å². The maximum absolute atomic E-state index is 6.01. The Morgan fingerprint density at radius 3 is 2.60 bits per heavy atom. The molecule has 1 aromatic carbocycles. The topological polar surface area (TPSA) is 26.0 Å². The van der Waals surface area contributed by atoms with Crippen LogP contribution in [-0.4, -0.2) is 6.04 Å². The smallest absolute Gasteiger partial charge is 0.0595 e. The molecule has 2 N–H and O–H groups in total. The highest BCUT2D eigenvalue weighted by Gasteiger charge is 2.20. The van der Waals surface area contributed by atoms with Gasteiger partial charge in [-0.15, -0.1) is 0 Å². The van der Waals surface area contributed by atoms with E-state index in [1.54, 1.807) is 0 Å². The van der Waals surface area contributed by atoms with E-state index >= 15 is 0 Å². The van der Waals surface area contributed by atoms with E-state index in [-0.39, 0.29) is 0 Å². The van der Waals surface area contributed by atoms with Gasteiger partial charge in [0.25, 0.3) is 0 Å². The van der Waals surface area contributed by atoms with Crippen molar-refractivity contribution in [1.29, 1.82) is 0 Å². The second kappa shape index (κ2) is 4.73. The molecule has 2 unspecified atom stereocenters. The Labute approximate surface area is 101 Å². The Balaban J connectivity index is 2.18. The van der Waals surface area contributed by atoms with E-state index in [1.807, 2.05) is 12.1 Å². The summed E-state index contributed by atoms with van der Waals surface area (Å²) in [5, 5.41) is 1.27. The van der Waals surface area contributed by atoms with Crippen LogP contribution in [0.4, 0.5) is 0 Å². The van der Waals surface area contributed by atoms with E-state index in [4.69, 9.17) is 28.9 Å². The molecule has 82 valence electrons. The lowest BCUT2D eigenvalue weighted by atomic mass is 9.82. The predicted octanol–water partition coefficient (Wildman–Crippen LogP) is 3.98. The quantitative estimate of drug-likeness (QED) is 0.794. The second-order valence-electron chi connectivity index (χ2n) is 4.30. The molecule has 1 aliphatic carbocycles. The van der Waals surface area contributed by atoms with Crippen molar-refractivity contribution in [1.82, 2.24) is 0 Å². The summed E-state index contributed by atoms with van der Waals surface area (Å²) in [6, 6.07) is 6.27. The number of hydrogen-bond acceptors (Lipinski definition) is 1. The molecule has 0 saturated heterocycles. The minimum absolute atomic E-state index is 0.346. The molecule has 2 atom stereocenters. The fourth-order valence-corrected chi connectivity index (χ4v) is 2.60. The van der Waals surface area contributed by atoms with Gasteiger partial charge < -0.3 is 5.73 Å². The molecule has 15 heavy (non-hydrogen) atoms. The zero-order valence-electron chi connectivity index (χ0n) is 8.55. The van der Waals surface area contributed by atoms with E-state index in [0.29, 0.717) is 22.0 Å². The fourth-order valence-electron chi connectivity index (χ4n) is 2.30. The van der Waals surface area contributed by atoms with Crippen LogP contribution >= 0.6 is 23.2 Å². The first-order chi connectivity index (χ1) is 7.16. The molecule has 1 fully saturated rings. The summed E-state index contributed by atoms with van der Waals surface area (Å²) in [7, 11) is 0. The lowest BCUT2D eigenvalue weighted by molar-refractivity contribution is 0.393. The zero-order chi connectivity index (χ0) is 10.8. The van der Waals surface area contributed by atoms with Crippen molar-refractivity contribution in [2.75, 3.05) is 0 Å². The van der Waals surface area contributed by atoms with E-state index in [0.717, 1.165) is 12.8 Å². The lowest BCUT2D eigenvalue weighted by Crippen LogP contribution is -2.26. The third-order valence-corrected chi connectivity index (χ3v) is 3.87. The molecule has 0 aliphatic heterocycles. The first kappa shape index (κ1) is 11.3. The van der Waals surface area contributed by atoms with Crippen LogP contribution < -0.4 is 5.73 Å². The monoisotopic (exact) mass is 243 g/mol. The highest BCUT2D eigenvalue weighted by molar-refractivity contribution is 6.42. The van der Waals surface area contributed by atoms with Crippen molar-refractivity contribution in [3.63, 3.8) is 0 Å². The molecule has 0 radical (unpaired) electrons. The van der Waals surface area contributed by atoms with Crippen molar-refractivity contribution in [2.45, 2.75) is 37.6 Å². The third kappa shape index (κ3) is 2.66. The molecule has 2 rings (SSSR count). The standard InChI is InChI=1S/C12H15Cl2N/c13-11-5-4-9(7-12(11)14)8-2-1-3-10(15)6-8/h4-5,7-8,10H,1-3,6,15H2. The van der Waals surface area contributed by atoms with Gasteiger partial charge in [0.05, 0.1) is 10.0 Å². The second-order valence-corrected chi connectivity index (χ2v) is 5.11. The predicted molar refractivity (Wildman–Crippen MR) is 65.6 cm³/mol. The molecule has 1 nitrogen and oxygen atoms in total. The summed E-state index contributed by atoms with van der Waals surface area (Å²) < 4.78 is 0. The number of nitrogens with two attached hydrogens (primary N) is 1. The van der Waals surface area contributed by atoms with Gasteiger partial charge in [-0.1, -0.05) is 35.7 Å². The lowest BCUT2D eigenvalue weighted by Gasteiger charge is -2.27. The number of rotatable bonds is 1. The van der Waals surface area contributed by atoms with Gasteiger partial charge in [0, 0.05) is 6.04 Å². The minimum Gasteiger partial charge on any atom is -0.328 e. The fraction of sp³-hybridized carbons (Fsp3) is 0.500. The summed E-state index contributed by atoms with van der Waals surface area (Å²) in [6.45, 7) is 0. The van der Waals surface area contributed by atoms with Crippen molar-refractivity contribution in [3.8, 4) is 0 Å². The highest BCUT2D eigenvalue weighted by Crippen LogP contribution is 2.34.